The van der Waals surface area contributed by atoms with Crippen LogP contribution in [-0.4, -0.2) is 44.5 Å². The predicted octanol–water partition coefficient (Wildman–Crippen LogP) is 6.38. The lowest BCUT2D eigenvalue weighted by molar-refractivity contribution is -0.384. The van der Waals surface area contributed by atoms with E-state index in [2.05, 4.69) is 5.32 Å². The van der Waals surface area contributed by atoms with Gasteiger partial charge in [-0.25, -0.2) is 4.68 Å². The van der Waals surface area contributed by atoms with E-state index in [-0.39, 0.29) is 24.0 Å². The second-order valence-electron chi connectivity index (χ2n) is 8.99. The van der Waals surface area contributed by atoms with E-state index in [1.807, 2.05) is 49.4 Å². The molecule has 204 valence electrons. The number of amides is 2. The van der Waals surface area contributed by atoms with Crippen molar-refractivity contribution in [1.29, 1.82) is 0 Å². The molecule has 0 fully saturated rings. The van der Waals surface area contributed by atoms with E-state index in [1.165, 1.54) is 23.1 Å². The van der Waals surface area contributed by atoms with E-state index in [1.54, 1.807) is 41.1 Å². The normalized spacial score (nSPS) is 10.9. The Morgan fingerprint density at radius 3 is 2.42 bits per heavy atom. The lowest BCUT2D eigenvalue weighted by Gasteiger charge is -2.20. The van der Waals surface area contributed by atoms with Crippen LogP contribution in [0.1, 0.15) is 25.3 Å². The van der Waals surface area contributed by atoms with Crippen molar-refractivity contribution in [3.63, 3.8) is 0 Å². The average molecular weight is 558 g/mol. The molecule has 10 heteroatoms. The smallest absolute Gasteiger partial charge is 0.269 e. The average Bonchev–Trinajstić information content (AvgIpc) is 3.38. The van der Waals surface area contributed by atoms with Crippen molar-refractivity contribution in [3.05, 3.63) is 112 Å². The SMILES string of the molecule is CCCCN(CC(=O)Nc1cc(-c2ccccc2)nn1-c1ccccc1Cl)C(=O)/C=C/c1ccc([N+](=O)[O-])cc1. The number of hydrogen-bond donors (Lipinski definition) is 1. The number of nitrogens with zero attached hydrogens (tertiary/aromatic N) is 4. The monoisotopic (exact) mass is 557 g/mol. The number of non-ortho nitro benzene ring substituents is 1. The molecule has 1 N–H and O–H groups in total. The van der Waals surface area contributed by atoms with Crippen molar-refractivity contribution in [1.82, 2.24) is 14.7 Å². The number of benzene rings is 3. The van der Waals surface area contributed by atoms with Gasteiger partial charge in [-0.2, -0.15) is 5.10 Å². The van der Waals surface area contributed by atoms with Crippen molar-refractivity contribution >= 4 is 41.0 Å². The first-order valence-corrected chi connectivity index (χ1v) is 13.1. The van der Waals surface area contributed by atoms with E-state index in [0.29, 0.717) is 34.3 Å². The number of hydrogen-bond acceptors (Lipinski definition) is 5. The summed E-state index contributed by atoms with van der Waals surface area (Å²) in [6.07, 6.45) is 4.50. The Labute approximate surface area is 236 Å². The van der Waals surface area contributed by atoms with Crippen molar-refractivity contribution in [3.8, 4) is 16.9 Å². The largest absolute Gasteiger partial charge is 0.330 e. The van der Waals surface area contributed by atoms with Gasteiger partial charge in [-0.3, -0.25) is 19.7 Å². The first kappa shape index (κ1) is 28.3. The highest BCUT2D eigenvalue weighted by Gasteiger charge is 2.19. The molecule has 1 heterocycles. The van der Waals surface area contributed by atoms with Crippen molar-refractivity contribution in [2.75, 3.05) is 18.4 Å². The summed E-state index contributed by atoms with van der Waals surface area (Å²) in [5.74, 6) is -0.311. The molecule has 0 aliphatic rings. The standard InChI is InChI=1S/C30H28ClN5O4/c1-2-3-19-34(30(38)18-15-22-13-16-24(17-14-22)36(39)40)21-29(37)32-28-20-26(23-9-5-4-6-10-23)33-35(28)27-12-8-7-11-25(27)31/h4-18,20H,2-3,19,21H2,1H3,(H,32,37)/b18-15+. The van der Waals surface area contributed by atoms with Crippen molar-refractivity contribution in [2.45, 2.75) is 19.8 Å². The van der Waals surface area contributed by atoms with Crippen LogP contribution in [0.2, 0.25) is 5.02 Å². The fourth-order valence-corrected chi connectivity index (χ4v) is 4.19. The van der Waals surface area contributed by atoms with Crippen molar-refractivity contribution < 1.29 is 14.5 Å². The number of unbranched alkanes of at least 4 members (excludes halogenated alkanes) is 1. The molecule has 0 saturated heterocycles. The van der Waals surface area contributed by atoms with Crippen LogP contribution in [-0.2, 0) is 9.59 Å². The minimum absolute atomic E-state index is 0.0313. The molecule has 2 amide bonds. The van der Waals surface area contributed by atoms with Crippen LogP contribution in [0, 0.1) is 10.1 Å². The summed E-state index contributed by atoms with van der Waals surface area (Å²) >= 11 is 6.45. The Bertz CT molecular complexity index is 1520. The summed E-state index contributed by atoms with van der Waals surface area (Å²) in [4.78, 5) is 38.1. The second-order valence-corrected chi connectivity index (χ2v) is 9.39. The highest BCUT2D eigenvalue weighted by Crippen LogP contribution is 2.28. The first-order valence-electron chi connectivity index (χ1n) is 12.8. The summed E-state index contributed by atoms with van der Waals surface area (Å²) < 4.78 is 1.58. The molecule has 0 atom stereocenters. The minimum atomic E-state index is -0.482. The Morgan fingerprint density at radius 2 is 1.75 bits per heavy atom. The number of nitro groups is 1. The molecule has 0 spiro atoms. The van der Waals surface area contributed by atoms with Gasteiger partial charge in [-0.1, -0.05) is 67.4 Å². The highest BCUT2D eigenvalue weighted by atomic mass is 35.5. The number of aromatic nitrogens is 2. The van der Waals surface area contributed by atoms with E-state index < -0.39 is 4.92 Å². The maximum absolute atomic E-state index is 13.2. The van der Waals surface area contributed by atoms with Gasteiger partial charge in [0, 0.05) is 36.4 Å². The Kier molecular flexibility index (Phi) is 9.43. The summed E-state index contributed by atoms with van der Waals surface area (Å²) in [5, 5.41) is 18.9. The van der Waals surface area contributed by atoms with E-state index in [9.17, 15) is 19.7 Å². The molecule has 4 rings (SSSR count). The number of carbonyl (C=O) groups is 2. The molecule has 1 aromatic heterocycles. The fourth-order valence-electron chi connectivity index (χ4n) is 3.98. The van der Waals surface area contributed by atoms with Crippen LogP contribution in [0.3, 0.4) is 0 Å². The zero-order chi connectivity index (χ0) is 28.5. The Hall–Kier alpha value is -4.76. The van der Waals surface area contributed by atoms with Gasteiger partial charge in [0.05, 0.1) is 21.3 Å². The molecule has 40 heavy (non-hydrogen) atoms. The molecule has 0 aliphatic heterocycles. The van der Waals surface area contributed by atoms with Crippen LogP contribution in [0.4, 0.5) is 11.5 Å². The third-order valence-corrected chi connectivity index (χ3v) is 6.40. The third kappa shape index (κ3) is 7.21. The number of carbonyl (C=O) groups excluding carboxylic acids is 2. The topological polar surface area (TPSA) is 110 Å². The quantitative estimate of drug-likeness (QED) is 0.131. The first-order chi connectivity index (χ1) is 19.4. The fraction of sp³-hybridized carbons (Fsp3) is 0.167. The summed E-state index contributed by atoms with van der Waals surface area (Å²) in [6, 6.07) is 24.4. The van der Waals surface area contributed by atoms with Crippen LogP contribution < -0.4 is 5.32 Å². The van der Waals surface area contributed by atoms with E-state index in [4.69, 9.17) is 16.7 Å². The van der Waals surface area contributed by atoms with Gasteiger partial charge in [0.15, 0.2) is 0 Å². The van der Waals surface area contributed by atoms with Gasteiger partial charge in [0.2, 0.25) is 11.8 Å². The molecule has 4 aromatic rings. The van der Waals surface area contributed by atoms with Crippen molar-refractivity contribution in [2.24, 2.45) is 0 Å². The van der Waals surface area contributed by atoms with E-state index in [0.717, 1.165) is 18.4 Å². The molecule has 0 aliphatic carbocycles. The number of halogens is 1. The minimum Gasteiger partial charge on any atom is -0.330 e. The van der Waals surface area contributed by atoms with E-state index >= 15 is 0 Å². The number of rotatable bonds is 11. The zero-order valence-corrected chi connectivity index (χ0v) is 22.6. The molecule has 0 radical (unpaired) electrons. The van der Waals surface area contributed by atoms with Crippen LogP contribution >= 0.6 is 11.6 Å². The number of anilines is 1. The van der Waals surface area contributed by atoms with Gasteiger partial charge >= 0.3 is 0 Å². The molecular weight excluding hydrogens is 530 g/mol. The Morgan fingerprint density at radius 1 is 1.05 bits per heavy atom. The summed E-state index contributed by atoms with van der Waals surface area (Å²) in [5.41, 5.74) is 2.74. The van der Waals surface area contributed by atoms with Crippen LogP contribution in [0.15, 0.2) is 91.0 Å². The number of nitrogens with one attached hydrogen (secondary N) is 1. The highest BCUT2D eigenvalue weighted by molar-refractivity contribution is 6.32. The summed E-state index contributed by atoms with van der Waals surface area (Å²) in [6.45, 7) is 2.23. The zero-order valence-electron chi connectivity index (χ0n) is 21.9. The van der Waals surface area contributed by atoms with Gasteiger partial charge in [-0.15, -0.1) is 0 Å². The maximum Gasteiger partial charge on any atom is 0.269 e. The van der Waals surface area contributed by atoms with Gasteiger partial charge in [-0.05, 0) is 42.3 Å². The number of nitro benzene ring substituents is 1. The third-order valence-electron chi connectivity index (χ3n) is 6.08. The molecule has 3 aromatic carbocycles. The van der Waals surface area contributed by atoms with Crippen LogP contribution in [0.5, 0.6) is 0 Å². The molecule has 0 bridgehead atoms. The molecule has 0 unspecified atom stereocenters. The molecule has 9 nitrogen and oxygen atoms in total. The lowest BCUT2D eigenvalue weighted by Crippen LogP contribution is -2.38. The predicted molar refractivity (Wildman–Crippen MR) is 156 cm³/mol. The Balaban J connectivity index is 1.54. The second kappa shape index (κ2) is 13.3. The van der Waals surface area contributed by atoms with Crippen LogP contribution in [0.25, 0.3) is 23.0 Å². The lowest BCUT2D eigenvalue weighted by atomic mass is 10.1. The van der Waals surface area contributed by atoms with Gasteiger partial charge in [0.25, 0.3) is 5.69 Å². The number of para-hydroxylation sites is 1. The maximum atomic E-state index is 13.2. The summed E-state index contributed by atoms with van der Waals surface area (Å²) in [7, 11) is 0. The van der Waals surface area contributed by atoms with Gasteiger partial charge in [0.1, 0.15) is 12.4 Å². The van der Waals surface area contributed by atoms with Gasteiger partial charge < -0.3 is 10.2 Å². The molecular formula is C30H28ClN5O4. The molecule has 0 saturated carbocycles.